The Bertz CT molecular complexity index is 268. The Labute approximate surface area is 101 Å². The molecule has 0 spiro atoms. The fourth-order valence-corrected chi connectivity index (χ4v) is 3.17. The zero-order valence-corrected chi connectivity index (χ0v) is 10.2. The van der Waals surface area contributed by atoms with Crippen molar-refractivity contribution in [2.45, 2.75) is 37.8 Å². The minimum absolute atomic E-state index is 0. The zero-order chi connectivity index (χ0) is 7.97. The molecule has 14 heavy (non-hydrogen) atoms. The molecular weight excluding hydrogens is 239 g/mol. The van der Waals surface area contributed by atoms with Crippen molar-refractivity contribution >= 4 is 41.7 Å². The highest BCUT2D eigenvalue weighted by atomic mass is 35.5. The lowest BCUT2D eigenvalue weighted by Crippen LogP contribution is -2.35. The van der Waals surface area contributed by atoms with E-state index in [1.165, 1.54) is 30.9 Å². The van der Waals surface area contributed by atoms with Gasteiger partial charge in [0.15, 0.2) is 5.17 Å². The molecule has 2 aliphatic heterocycles. The van der Waals surface area contributed by atoms with E-state index in [0.717, 1.165) is 0 Å². The van der Waals surface area contributed by atoms with Crippen LogP contribution < -0.4 is 0 Å². The predicted octanol–water partition coefficient (Wildman–Crippen LogP) is 3.03. The molecule has 2 heterocycles. The van der Waals surface area contributed by atoms with Crippen LogP contribution in [0.2, 0.25) is 0 Å². The fourth-order valence-electron chi connectivity index (χ4n) is 2.34. The van der Waals surface area contributed by atoms with Gasteiger partial charge < -0.3 is 4.90 Å². The van der Waals surface area contributed by atoms with Gasteiger partial charge in [0.25, 0.3) is 0 Å². The molecule has 1 saturated carbocycles. The van der Waals surface area contributed by atoms with Gasteiger partial charge in [0.1, 0.15) is 0 Å². The summed E-state index contributed by atoms with van der Waals surface area (Å²) in [6, 6.07) is 1.33. The largest absolute Gasteiger partial charge is 0.322 e. The van der Waals surface area contributed by atoms with E-state index in [2.05, 4.69) is 16.5 Å². The van der Waals surface area contributed by atoms with Crippen molar-refractivity contribution in [1.29, 1.82) is 0 Å². The minimum atomic E-state index is 0. The number of nitrogens with zero attached hydrogens (tertiary/aromatic N) is 2. The first-order valence-electron chi connectivity index (χ1n) is 4.64. The van der Waals surface area contributed by atoms with Crippen molar-refractivity contribution in [1.82, 2.24) is 4.90 Å². The van der Waals surface area contributed by atoms with Crippen LogP contribution in [0.4, 0.5) is 0 Å². The van der Waals surface area contributed by atoms with Crippen LogP contribution in [0.1, 0.15) is 25.7 Å². The van der Waals surface area contributed by atoms with Crippen molar-refractivity contribution in [3.05, 3.63) is 11.6 Å². The average Bonchev–Trinajstić information content (AvgIpc) is 2.62. The van der Waals surface area contributed by atoms with Gasteiger partial charge in [0, 0.05) is 6.20 Å². The van der Waals surface area contributed by atoms with Gasteiger partial charge in [0.2, 0.25) is 0 Å². The van der Waals surface area contributed by atoms with E-state index in [0.29, 0.717) is 12.1 Å². The third kappa shape index (κ3) is 1.77. The molecule has 2 nitrogen and oxygen atoms in total. The van der Waals surface area contributed by atoms with Crippen molar-refractivity contribution in [2.75, 3.05) is 0 Å². The van der Waals surface area contributed by atoms with Crippen LogP contribution in [0.5, 0.6) is 0 Å². The molecule has 0 aromatic rings. The first-order valence-corrected chi connectivity index (χ1v) is 5.52. The summed E-state index contributed by atoms with van der Waals surface area (Å²) in [6.07, 6.45) is 7.60. The molecule has 5 heteroatoms. The Balaban J connectivity index is 0.000000490. The number of aliphatic imine (C=N–C) groups is 1. The monoisotopic (exact) mass is 252 g/mol. The van der Waals surface area contributed by atoms with E-state index in [1.54, 1.807) is 11.8 Å². The molecule has 0 aromatic carbocycles. The molecule has 1 aliphatic carbocycles. The van der Waals surface area contributed by atoms with Gasteiger partial charge >= 0.3 is 0 Å². The third-order valence-electron chi connectivity index (χ3n) is 2.94. The molecular formula is C9H14Cl2N2S. The summed E-state index contributed by atoms with van der Waals surface area (Å²) in [4.78, 5) is 7.08. The average molecular weight is 253 g/mol. The first-order chi connectivity index (χ1) is 5.95. The maximum atomic E-state index is 4.72. The Morgan fingerprint density at radius 1 is 1.29 bits per heavy atom. The van der Waals surface area contributed by atoms with Crippen LogP contribution in [0.3, 0.4) is 0 Å². The normalized spacial score (nSPS) is 32.6. The lowest BCUT2D eigenvalue weighted by atomic mass is 9.91. The molecule has 0 aromatic heterocycles. The molecule has 3 rings (SSSR count). The SMILES string of the molecule is C1=CN2C(=NC3CCCCC32)S1.Cl.Cl. The molecule has 0 N–H and O–H groups in total. The summed E-state index contributed by atoms with van der Waals surface area (Å²) in [5.41, 5.74) is 0. The van der Waals surface area contributed by atoms with Crippen LogP contribution in [-0.4, -0.2) is 22.2 Å². The van der Waals surface area contributed by atoms with Crippen LogP contribution in [-0.2, 0) is 0 Å². The lowest BCUT2D eigenvalue weighted by Gasteiger charge is -2.28. The van der Waals surface area contributed by atoms with E-state index >= 15 is 0 Å². The molecule has 0 radical (unpaired) electrons. The number of halogens is 2. The number of rotatable bonds is 0. The van der Waals surface area contributed by atoms with Crippen molar-refractivity contribution in [2.24, 2.45) is 4.99 Å². The van der Waals surface area contributed by atoms with E-state index in [-0.39, 0.29) is 24.8 Å². The number of hydrogen-bond acceptors (Lipinski definition) is 3. The van der Waals surface area contributed by atoms with E-state index < -0.39 is 0 Å². The predicted molar refractivity (Wildman–Crippen MR) is 66.5 cm³/mol. The van der Waals surface area contributed by atoms with Crippen LogP contribution >= 0.6 is 36.6 Å². The molecule has 0 bridgehead atoms. The highest BCUT2D eigenvalue weighted by molar-refractivity contribution is 8.16. The second kappa shape index (κ2) is 4.77. The Kier molecular flexibility index (Phi) is 4.16. The minimum Gasteiger partial charge on any atom is -0.322 e. The van der Waals surface area contributed by atoms with Gasteiger partial charge in [-0.15, -0.1) is 24.8 Å². The highest BCUT2D eigenvalue weighted by Gasteiger charge is 2.37. The Morgan fingerprint density at radius 3 is 2.93 bits per heavy atom. The summed E-state index contributed by atoms with van der Waals surface area (Å²) in [5, 5.41) is 3.39. The van der Waals surface area contributed by atoms with Gasteiger partial charge in [-0.25, -0.2) is 0 Å². The quantitative estimate of drug-likeness (QED) is 0.659. The summed E-state index contributed by atoms with van der Waals surface area (Å²) in [7, 11) is 0. The second-order valence-electron chi connectivity index (χ2n) is 3.64. The number of amidine groups is 1. The lowest BCUT2D eigenvalue weighted by molar-refractivity contribution is 0.297. The van der Waals surface area contributed by atoms with Crippen LogP contribution in [0, 0.1) is 0 Å². The van der Waals surface area contributed by atoms with Gasteiger partial charge in [-0.05, 0) is 18.2 Å². The fraction of sp³-hybridized carbons (Fsp3) is 0.667. The Hall–Kier alpha value is 0.140. The molecule has 0 amide bonds. The number of thioether (sulfide) groups is 1. The van der Waals surface area contributed by atoms with Crippen molar-refractivity contribution in [3.63, 3.8) is 0 Å². The van der Waals surface area contributed by atoms with E-state index in [9.17, 15) is 0 Å². The molecule has 1 fully saturated rings. The number of fused-ring (bicyclic) bond motifs is 3. The zero-order valence-electron chi connectivity index (χ0n) is 7.76. The molecule has 3 aliphatic rings. The number of hydrogen-bond donors (Lipinski definition) is 0. The van der Waals surface area contributed by atoms with Crippen LogP contribution in [0.15, 0.2) is 16.6 Å². The second-order valence-corrected chi connectivity index (χ2v) is 4.51. The molecule has 0 saturated heterocycles. The smallest absolute Gasteiger partial charge is 0.168 e. The van der Waals surface area contributed by atoms with Crippen LogP contribution in [0.25, 0.3) is 0 Å². The molecule has 2 atom stereocenters. The van der Waals surface area contributed by atoms with Crippen molar-refractivity contribution < 1.29 is 0 Å². The summed E-state index contributed by atoms with van der Waals surface area (Å²) < 4.78 is 0. The maximum absolute atomic E-state index is 4.72. The first kappa shape index (κ1) is 12.2. The summed E-state index contributed by atoms with van der Waals surface area (Å²) in [5.74, 6) is 0. The Morgan fingerprint density at radius 2 is 2.07 bits per heavy atom. The third-order valence-corrected chi connectivity index (χ3v) is 3.73. The topological polar surface area (TPSA) is 15.6 Å². The van der Waals surface area contributed by atoms with Gasteiger partial charge in [-0.1, -0.05) is 24.6 Å². The maximum Gasteiger partial charge on any atom is 0.168 e. The van der Waals surface area contributed by atoms with Gasteiger partial charge in [-0.2, -0.15) is 0 Å². The van der Waals surface area contributed by atoms with Gasteiger partial charge in [0.05, 0.1) is 12.1 Å². The van der Waals surface area contributed by atoms with Gasteiger partial charge in [-0.3, -0.25) is 4.99 Å². The van der Waals surface area contributed by atoms with E-state index in [1.807, 2.05) is 0 Å². The standard InChI is InChI=1S/C9H12N2S.2ClH/c1-2-4-8-7(3-1)10-9-11(8)5-6-12-9;;/h5-8H,1-4H2;2*1H. The molecule has 80 valence electrons. The van der Waals surface area contributed by atoms with Crippen molar-refractivity contribution in [3.8, 4) is 0 Å². The molecule has 2 unspecified atom stereocenters. The highest BCUT2D eigenvalue weighted by Crippen LogP contribution is 2.36. The summed E-state index contributed by atoms with van der Waals surface area (Å²) >= 11 is 1.77. The van der Waals surface area contributed by atoms with E-state index in [4.69, 9.17) is 4.99 Å². The summed E-state index contributed by atoms with van der Waals surface area (Å²) in [6.45, 7) is 0.